The standard InChI is InChI=1S/C15H23N3O3S/c19-22(20,9-12-7-11-3-1-2-4-13(11)12)16-8-14-17-15(18-21-14)10-5-6-10/h10-13,16H,1-9H2/t11-,12-,13-/m1/s1. The van der Waals surface area contributed by atoms with E-state index in [0.29, 0.717) is 23.6 Å². The van der Waals surface area contributed by atoms with Crippen LogP contribution in [-0.4, -0.2) is 24.3 Å². The molecule has 0 radical (unpaired) electrons. The van der Waals surface area contributed by atoms with E-state index >= 15 is 0 Å². The van der Waals surface area contributed by atoms with Crippen LogP contribution in [0.15, 0.2) is 4.52 Å². The average Bonchev–Trinajstić information content (AvgIpc) is 3.22. The summed E-state index contributed by atoms with van der Waals surface area (Å²) in [7, 11) is -3.26. The molecule has 3 aliphatic carbocycles. The van der Waals surface area contributed by atoms with Gasteiger partial charge in [0.15, 0.2) is 5.82 Å². The molecule has 0 spiro atoms. The number of hydrogen-bond acceptors (Lipinski definition) is 5. The average molecular weight is 325 g/mol. The number of nitrogens with zero attached hydrogens (tertiary/aromatic N) is 2. The minimum absolute atomic E-state index is 0.114. The van der Waals surface area contributed by atoms with Crippen molar-refractivity contribution < 1.29 is 12.9 Å². The molecule has 3 aliphatic rings. The molecule has 1 aromatic rings. The fourth-order valence-corrected chi connectivity index (χ4v) is 5.48. The Morgan fingerprint density at radius 3 is 2.77 bits per heavy atom. The van der Waals surface area contributed by atoms with Crippen molar-refractivity contribution in [1.29, 1.82) is 0 Å². The summed E-state index contributed by atoms with van der Waals surface area (Å²) in [4.78, 5) is 4.25. The molecule has 0 unspecified atom stereocenters. The van der Waals surface area contributed by atoms with Gasteiger partial charge in [0.05, 0.1) is 12.3 Å². The Morgan fingerprint density at radius 2 is 2.00 bits per heavy atom. The van der Waals surface area contributed by atoms with Crippen LogP contribution in [0.5, 0.6) is 0 Å². The number of sulfonamides is 1. The lowest BCUT2D eigenvalue weighted by atomic mass is 9.59. The summed E-state index contributed by atoms with van der Waals surface area (Å²) in [6.07, 6.45) is 8.37. The minimum atomic E-state index is -3.26. The number of nitrogens with one attached hydrogen (secondary N) is 1. The van der Waals surface area contributed by atoms with Crippen molar-refractivity contribution in [2.75, 3.05) is 5.75 Å². The molecule has 0 amide bonds. The molecule has 1 heterocycles. The second kappa shape index (κ2) is 5.60. The smallest absolute Gasteiger partial charge is 0.241 e. The van der Waals surface area contributed by atoms with Crippen LogP contribution in [0, 0.1) is 17.8 Å². The molecular formula is C15H23N3O3S. The first kappa shape index (κ1) is 14.6. The molecule has 0 saturated heterocycles. The third-order valence-electron chi connectivity index (χ3n) is 5.48. The Kier molecular flexibility index (Phi) is 3.72. The van der Waals surface area contributed by atoms with Crippen LogP contribution < -0.4 is 4.72 Å². The lowest BCUT2D eigenvalue weighted by molar-refractivity contribution is 0.0439. The van der Waals surface area contributed by atoms with Gasteiger partial charge in [-0.3, -0.25) is 0 Å². The Labute approximate surface area is 131 Å². The summed E-state index contributed by atoms with van der Waals surface area (Å²) in [5.74, 6) is 3.52. The molecule has 3 fully saturated rings. The first-order valence-corrected chi connectivity index (χ1v) is 10.1. The molecule has 22 heavy (non-hydrogen) atoms. The van der Waals surface area contributed by atoms with Crippen LogP contribution in [0.4, 0.5) is 0 Å². The van der Waals surface area contributed by atoms with E-state index in [9.17, 15) is 8.42 Å². The zero-order valence-corrected chi connectivity index (χ0v) is 13.5. The maximum Gasteiger partial charge on any atom is 0.241 e. The lowest BCUT2D eigenvalue weighted by Crippen LogP contribution is -2.44. The number of aromatic nitrogens is 2. The number of rotatable bonds is 6. The zero-order valence-electron chi connectivity index (χ0n) is 12.7. The molecular weight excluding hydrogens is 302 g/mol. The molecule has 1 aromatic heterocycles. The van der Waals surface area contributed by atoms with Gasteiger partial charge in [0.1, 0.15) is 0 Å². The number of fused-ring (bicyclic) bond motifs is 1. The van der Waals surface area contributed by atoms with Crippen molar-refractivity contribution in [2.24, 2.45) is 17.8 Å². The van der Waals surface area contributed by atoms with Gasteiger partial charge in [-0.15, -0.1) is 0 Å². The van der Waals surface area contributed by atoms with Gasteiger partial charge in [-0.05, 0) is 43.4 Å². The molecule has 3 atom stereocenters. The predicted molar refractivity (Wildman–Crippen MR) is 80.5 cm³/mol. The molecule has 7 heteroatoms. The third kappa shape index (κ3) is 3.06. The summed E-state index contributed by atoms with van der Waals surface area (Å²) in [5, 5.41) is 3.90. The van der Waals surface area contributed by atoms with Crippen LogP contribution in [0.25, 0.3) is 0 Å². The van der Waals surface area contributed by atoms with Gasteiger partial charge in [0, 0.05) is 5.92 Å². The SMILES string of the molecule is O=S(=O)(C[C@H]1C[C@H]2CCCC[C@H]21)NCc1nc(C2CC2)no1. The quantitative estimate of drug-likeness (QED) is 0.866. The van der Waals surface area contributed by atoms with Crippen LogP contribution in [0.2, 0.25) is 0 Å². The van der Waals surface area contributed by atoms with Crippen LogP contribution in [-0.2, 0) is 16.6 Å². The maximum atomic E-state index is 12.2. The first-order chi connectivity index (χ1) is 10.6. The van der Waals surface area contributed by atoms with E-state index in [-0.39, 0.29) is 12.3 Å². The predicted octanol–water partition coefficient (Wildman–Crippen LogP) is 2.19. The van der Waals surface area contributed by atoms with Gasteiger partial charge in [0.2, 0.25) is 15.9 Å². The third-order valence-corrected chi connectivity index (χ3v) is 6.93. The van der Waals surface area contributed by atoms with Gasteiger partial charge >= 0.3 is 0 Å². The Hall–Kier alpha value is -0.950. The van der Waals surface area contributed by atoms with E-state index in [1.54, 1.807) is 0 Å². The molecule has 0 aromatic carbocycles. The molecule has 4 rings (SSSR count). The lowest BCUT2D eigenvalue weighted by Gasteiger charge is -2.47. The summed E-state index contributed by atoms with van der Waals surface area (Å²) in [6.45, 7) is 0.114. The van der Waals surface area contributed by atoms with Crippen molar-refractivity contribution in [3.63, 3.8) is 0 Å². The highest BCUT2D eigenvalue weighted by atomic mass is 32.2. The largest absolute Gasteiger partial charge is 0.338 e. The van der Waals surface area contributed by atoms with E-state index < -0.39 is 10.0 Å². The second-order valence-electron chi connectivity index (χ2n) is 7.13. The summed E-state index contributed by atoms with van der Waals surface area (Å²) < 4.78 is 32.2. The Morgan fingerprint density at radius 1 is 1.18 bits per heavy atom. The normalized spacial score (nSPS) is 31.5. The van der Waals surface area contributed by atoms with Gasteiger partial charge in [-0.2, -0.15) is 4.98 Å². The maximum absolute atomic E-state index is 12.2. The van der Waals surface area contributed by atoms with E-state index in [2.05, 4.69) is 14.9 Å². The van der Waals surface area contributed by atoms with E-state index in [0.717, 1.165) is 31.0 Å². The van der Waals surface area contributed by atoms with E-state index in [4.69, 9.17) is 4.52 Å². The summed E-state index contributed by atoms with van der Waals surface area (Å²) >= 11 is 0. The minimum Gasteiger partial charge on any atom is -0.338 e. The fourth-order valence-electron chi connectivity index (χ4n) is 4.07. The Balaban J connectivity index is 1.29. The van der Waals surface area contributed by atoms with Crippen molar-refractivity contribution in [1.82, 2.24) is 14.9 Å². The molecule has 6 nitrogen and oxygen atoms in total. The highest BCUT2D eigenvalue weighted by Crippen LogP contribution is 2.49. The molecule has 0 bridgehead atoms. The fraction of sp³-hybridized carbons (Fsp3) is 0.867. The van der Waals surface area contributed by atoms with Crippen LogP contribution in [0.1, 0.15) is 62.6 Å². The van der Waals surface area contributed by atoms with Crippen molar-refractivity contribution in [3.8, 4) is 0 Å². The molecule has 3 saturated carbocycles. The van der Waals surface area contributed by atoms with E-state index in [1.807, 2.05) is 0 Å². The molecule has 122 valence electrons. The van der Waals surface area contributed by atoms with Gasteiger partial charge < -0.3 is 4.52 Å². The highest BCUT2D eigenvalue weighted by molar-refractivity contribution is 7.89. The van der Waals surface area contributed by atoms with Crippen molar-refractivity contribution in [3.05, 3.63) is 11.7 Å². The van der Waals surface area contributed by atoms with E-state index in [1.165, 1.54) is 25.7 Å². The van der Waals surface area contributed by atoms with Gasteiger partial charge in [-0.25, -0.2) is 13.1 Å². The van der Waals surface area contributed by atoms with Gasteiger partial charge in [-0.1, -0.05) is 24.4 Å². The van der Waals surface area contributed by atoms with Crippen molar-refractivity contribution >= 4 is 10.0 Å². The van der Waals surface area contributed by atoms with Crippen LogP contribution in [0.3, 0.4) is 0 Å². The molecule has 0 aliphatic heterocycles. The van der Waals surface area contributed by atoms with Crippen molar-refractivity contribution in [2.45, 2.75) is 57.4 Å². The second-order valence-corrected chi connectivity index (χ2v) is 8.98. The summed E-state index contributed by atoms with van der Waals surface area (Å²) in [6, 6.07) is 0. The van der Waals surface area contributed by atoms with Crippen LogP contribution >= 0.6 is 0 Å². The number of hydrogen-bond donors (Lipinski definition) is 1. The zero-order chi connectivity index (χ0) is 15.2. The first-order valence-electron chi connectivity index (χ1n) is 8.40. The molecule has 1 N–H and O–H groups in total. The summed E-state index contributed by atoms with van der Waals surface area (Å²) in [5.41, 5.74) is 0. The topological polar surface area (TPSA) is 85.1 Å². The van der Waals surface area contributed by atoms with Gasteiger partial charge in [0.25, 0.3) is 0 Å². The monoisotopic (exact) mass is 325 g/mol. The Bertz CT molecular complexity index is 638. The highest BCUT2D eigenvalue weighted by Gasteiger charge is 2.43.